The zero-order chi connectivity index (χ0) is 22.2. The fourth-order valence-electron chi connectivity index (χ4n) is 4.41. The summed E-state index contributed by atoms with van der Waals surface area (Å²) in [6.45, 7) is 6.24. The monoisotopic (exact) mass is 462 g/mol. The van der Waals surface area contributed by atoms with Crippen molar-refractivity contribution >= 4 is 11.9 Å². The summed E-state index contributed by atoms with van der Waals surface area (Å²) in [4.78, 5) is 28.1. The van der Waals surface area contributed by atoms with Crippen LogP contribution in [-0.2, 0) is 13.0 Å². The number of rotatable bonds is 5. The SMILES string of the molecule is CC1(C)CN(C[C@H](O)CN2CCc3ccccc3C2)C(=O)c2ccc(C(=O)[O-])cc2O1.[K+]. The normalized spacial score (nSPS) is 18.5. The summed E-state index contributed by atoms with van der Waals surface area (Å²) in [6, 6.07) is 12.5. The van der Waals surface area contributed by atoms with E-state index < -0.39 is 17.7 Å². The Morgan fingerprint density at radius 1 is 1.19 bits per heavy atom. The van der Waals surface area contributed by atoms with Gasteiger partial charge in [0.15, 0.2) is 0 Å². The first kappa shape index (κ1) is 25.4. The molecule has 0 saturated heterocycles. The van der Waals surface area contributed by atoms with Crippen LogP contribution in [0.1, 0.15) is 45.7 Å². The van der Waals surface area contributed by atoms with Gasteiger partial charge in [-0.2, -0.15) is 0 Å². The van der Waals surface area contributed by atoms with E-state index in [9.17, 15) is 19.8 Å². The standard InChI is InChI=1S/C24H28N2O5.K/c1-24(2)15-26(22(28)20-8-7-17(23(29)30)11-21(20)31-24)14-19(27)13-25-10-9-16-5-3-4-6-18(16)12-25;/h3-8,11,19,27H,9-10,12-15H2,1-2H3,(H,29,30);/q;+1/p-1/t19-;/m1./s1. The summed E-state index contributed by atoms with van der Waals surface area (Å²) >= 11 is 0. The molecule has 0 spiro atoms. The molecule has 1 atom stereocenters. The minimum Gasteiger partial charge on any atom is -0.545 e. The molecule has 8 heteroatoms. The number of nitrogens with zero attached hydrogens (tertiary/aromatic N) is 2. The van der Waals surface area contributed by atoms with Gasteiger partial charge in [-0.15, -0.1) is 0 Å². The maximum absolute atomic E-state index is 13.2. The molecule has 0 radical (unpaired) electrons. The van der Waals surface area contributed by atoms with E-state index in [1.807, 2.05) is 26.0 Å². The molecule has 0 unspecified atom stereocenters. The fraction of sp³-hybridized carbons (Fsp3) is 0.417. The van der Waals surface area contributed by atoms with Crippen LogP contribution in [-0.4, -0.2) is 64.7 Å². The molecule has 1 N–H and O–H groups in total. The van der Waals surface area contributed by atoms with Gasteiger partial charge in [-0.1, -0.05) is 30.3 Å². The third kappa shape index (κ3) is 5.80. The van der Waals surface area contributed by atoms with Gasteiger partial charge in [0.2, 0.25) is 0 Å². The number of hydrogen-bond donors (Lipinski definition) is 1. The second-order valence-corrected chi connectivity index (χ2v) is 8.95. The number of benzene rings is 2. The van der Waals surface area contributed by atoms with Gasteiger partial charge in [0.05, 0.1) is 24.2 Å². The van der Waals surface area contributed by atoms with Crippen molar-refractivity contribution in [2.75, 3.05) is 26.2 Å². The minimum atomic E-state index is -1.32. The molecule has 0 saturated carbocycles. The summed E-state index contributed by atoms with van der Waals surface area (Å²) in [5.74, 6) is -1.38. The van der Waals surface area contributed by atoms with Gasteiger partial charge < -0.3 is 24.6 Å². The van der Waals surface area contributed by atoms with Crippen LogP contribution in [0, 0.1) is 0 Å². The predicted molar refractivity (Wildman–Crippen MR) is 113 cm³/mol. The van der Waals surface area contributed by atoms with Crippen molar-refractivity contribution in [2.45, 2.75) is 38.5 Å². The predicted octanol–water partition coefficient (Wildman–Crippen LogP) is -1.91. The number of aromatic carboxylic acids is 1. The third-order valence-corrected chi connectivity index (χ3v) is 5.80. The number of ether oxygens (including phenoxy) is 1. The van der Waals surface area contributed by atoms with Crippen LogP contribution in [0.25, 0.3) is 0 Å². The van der Waals surface area contributed by atoms with Crippen LogP contribution in [0.15, 0.2) is 42.5 Å². The molecule has 1 amide bonds. The summed E-state index contributed by atoms with van der Waals surface area (Å²) in [5.41, 5.74) is 2.13. The first-order chi connectivity index (χ1) is 14.7. The van der Waals surface area contributed by atoms with Crippen LogP contribution < -0.4 is 61.2 Å². The van der Waals surface area contributed by atoms with Crippen LogP contribution >= 0.6 is 0 Å². The van der Waals surface area contributed by atoms with E-state index in [-0.39, 0.29) is 87.3 Å². The molecule has 0 bridgehead atoms. The van der Waals surface area contributed by atoms with E-state index in [2.05, 4.69) is 17.0 Å². The van der Waals surface area contributed by atoms with Crippen molar-refractivity contribution in [3.05, 3.63) is 64.7 Å². The number of aliphatic hydroxyl groups is 1. The van der Waals surface area contributed by atoms with Crippen LogP contribution in [0.4, 0.5) is 0 Å². The summed E-state index contributed by atoms with van der Waals surface area (Å²) < 4.78 is 5.96. The number of aliphatic hydroxyl groups excluding tert-OH is 1. The summed E-state index contributed by atoms with van der Waals surface area (Å²) in [6.07, 6.45) is 0.231. The van der Waals surface area contributed by atoms with Crippen LogP contribution in [0.5, 0.6) is 5.75 Å². The Bertz CT molecular complexity index is 1010. The number of carboxylic acid groups (broad SMARTS) is 1. The number of amides is 1. The molecule has 0 aliphatic carbocycles. The molecule has 2 aromatic rings. The van der Waals surface area contributed by atoms with Crippen molar-refractivity contribution < 1.29 is 75.9 Å². The third-order valence-electron chi connectivity index (χ3n) is 5.80. The number of β-amino-alcohol motifs (C(OH)–C–C–N with tert-alkyl or cyclic N) is 1. The number of carbonyl (C=O) groups excluding carboxylic acids is 2. The minimum absolute atomic E-state index is 0. The Labute approximate surface area is 230 Å². The van der Waals surface area contributed by atoms with Gasteiger partial charge in [0, 0.05) is 31.7 Å². The zero-order valence-corrected chi connectivity index (χ0v) is 22.0. The first-order valence-electron chi connectivity index (χ1n) is 10.5. The summed E-state index contributed by atoms with van der Waals surface area (Å²) in [5, 5.41) is 22.0. The number of hydrogen-bond acceptors (Lipinski definition) is 6. The molecule has 2 aliphatic heterocycles. The Balaban J connectivity index is 0.00000289. The van der Waals surface area contributed by atoms with Gasteiger partial charge in [0.1, 0.15) is 11.4 Å². The van der Waals surface area contributed by atoms with Crippen molar-refractivity contribution in [1.82, 2.24) is 9.80 Å². The fourth-order valence-corrected chi connectivity index (χ4v) is 4.41. The molecular formula is C24H27KN2O5. The Kier molecular flexibility index (Phi) is 8.19. The van der Waals surface area contributed by atoms with Gasteiger partial charge in [0.25, 0.3) is 5.91 Å². The van der Waals surface area contributed by atoms with E-state index in [1.165, 1.54) is 29.3 Å². The largest absolute Gasteiger partial charge is 1.00 e. The Morgan fingerprint density at radius 2 is 1.91 bits per heavy atom. The molecule has 164 valence electrons. The molecule has 0 fully saturated rings. The molecule has 32 heavy (non-hydrogen) atoms. The first-order valence-corrected chi connectivity index (χ1v) is 10.5. The maximum Gasteiger partial charge on any atom is 1.00 e. The maximum atomic E-state index is 13.2. The number of carbonyl (C=O) groups is 2. The number of carboxylic acids is 1. The van der Waals surface area contributed by atoms with Crippen molar-refractivity contribution in [3.8, 4) is 5.75 Å². The molecule has 4 rings (SSSR count). The van der Waals surface area contributed by atoms with Crippen molar-refractivity contribution in [1.29, 1.82) is 0 Å². The Hall–Kier alpha value is -1.26. The second-order valence-electron chi connectivity index (χ2n) is 8.95. The smallest absolute Gasteiger partial charge is 0.545 e. The van der Waals surface area contributed by atoms with Gasteiger partial charge in [-0.05, 0) is 43.5 Å². The Morgan fingerprint density at radius 3 is 2.62 bits per heavy atom. The molecule has 2 aromatic carbocycles. The van der Waals surface area contributed by atoms with E-state index in [0.717, 1.165) is 19.5 Å². The summed E-state index contributed by atoms with van der Waals surface area (Å²) in [7, 11) is 0. The molecular weight excluding hydrogens is 435 g/mol. The second kappa shape index (κ2) is 10.3. The van der Waals surface area contributed by atoms with Crippen LogP contribution in [0.2, 0.25) is 0 Å². The number of fused-ring (bicyclic) bond motifs is 2. The molecule has 2 aliphatic rings. The van der Waals surface area contributed by atoms with Gasteiger partial charge in [-0.25, -0.2) is 0 Å². The average molecular weight is 463 g/mol. The molecule has 7 nitrogen and oxygen atoms in total. The van der Waals surface area contributed by atoms with Crippen molar-refractivity contribution in [3.63, 3.8) is 0 Å². The average Bonchev–Trinajstić information content (AvgIpc) is 2.80. The van der Waals surface area contributed by atoms with E-state index >= 15 is 0 Å². The van der Waals surface area contributed by atoms with Crippen LogP contribution in [0.3, 0.4) is 0 Å². The van der Waals surface area contributed by atoms with E-state index in [0.29, 0.717) is 6.54 Å². The topological polar surface area (TPSA) is 93.1 Å². The molecule has 2 heterocycles. The van der Waals surface area contributed by atoms with Gasteiger partial charge >= 0.3 is 51.4 Å². The van der Waals surface area contributed by atoms with E-state index in [4.69, 9.17) is 4.74 Å². The zero-order valence-electron chi connectivity index (χ0n) is 18.8. The molecule has 0 aromatic heterocycles. The van der Waals surface area contributed by atoms with Gasteiger partial charge in [-0.3, -0.25) is 9.69 Å². The van der Waals surface area contributed by atoms with Crippen molar-refractivity contribution in [2.24, 2.45) is 0 Å². The quantitative estimate of drug-likeness (QED) is 0.521. The van der Waals surface area contributed by atoms with E-state index in [1.54, 1.807) is 4.90 Å².